The average molecular weight is 1090 g/mol. The molecule has 0 aliphatic rings. The van der Waals surface area contributed by atoms with E-state index in [1.54, 1.807) is 0 Å². The number of phosphoric ester groups is 1. The van der Waals surface area contributed by atoms with Crippen LogP contribution >= 0.6 is 7.82 Å². The first-order chi connectivity index (χ1) is 37.0. The maximum Gasteiger partial charge on any atom is 0.306 e. The van der Waals surface area contributed by atoms with E-state index in [-0.39, 0.29) is 32.0 Å². The van der Waals surface area contributed by atoms with Crippen molar-refractivity contribution in [1.82, 2.24) is 0 Å². The lowest BCUT2D eigenvalue weighted by Crippen LogP contribution is -2.37. The van der Waals surface area contributed by atoms with E-state index in [9.17, 15) is 19.0 Å². The Balaban J connectivity index is 3.79. The highest BCUT2D eigenvalue weighted by atomic mass is 31.2. The number of carbonyl (C=O) groups excluding carboxylic acids is 2. The van der Waals surface area contributed by atoms with Crippen LogP contribution in [0.25, 0.3) is 0 Å². The molecule has 0 saturated heterocycles. The minimum Gasteiger partial charge on any atom is -0.756 e. The Morgan fingerprint density at radius 1 is 0.408 bits per heavy atom. The van der Waals surface area contributed by atoms with Gasteiger partial charge in [-0.3, -0.25) is 14.2 Å². The van der Waals surface area contributed by atoms with Crippen LogP contribution in [0.1, 0.15) is 322 Å². The van der Waals surface area contributed by atoms with Gasteiger partial charge in [0.2, 0.25) is 0 Å². The number of likely N-dealkylation sites (N-methyl/N-ethyl adjacent to an activating group) is 1. The third-order valence-corrected chi connectivity index (χ3v) is 15.6. The standard InChI is InChI=1S/C66H126NO8P/c1-6-8-10-12-14-16-18-19-20-21-22-23-24-25-26-27-28-29-30-31-32-33-34-35-36-37-38-39-40-41-42-43-44-45-46-47-49-51-53-55-57-59-66(69)75-64(63-74-76(70,71)73-61-60-67(3,4)5)62-72-65(68)58-56-54-52-50-48-17-15-13-11-9-7-2/h13,15,18-19,21-22,64H,6-12,14,16-17,20,23-63H2,1-5H3/b15-13-,19-18-,22-21-. The van der Waals surface area contributed by atoms with E-state index in [0.29, 0.717) is 17.4 Å². The summed E-state index contributed by atoms with van der Waals surface area (Å²) in [4.78, 5) is 37.7. The summed E-state index contributed by atoms with van der Waals surface area (Å²) in [6, 6.07) is 0. The van der Waals surface area contributed by atoms with Crippen molar-refractivity contribution in [3.63, 3.8) is 0 Å². The highest BCUT2D eigenvalue weighted by Gasteiger charge is 2.22. The van der Waals surface area contributed by atoms with Crippen molar-refractivity contribution in [2.75, 3.05) is 47.5 Å². The first-order valence-electron chi connectivity index (χ1n) is 32.7. The Kier molecular flexibility index (Phi) is 56.6. The van der Waals surface area contributed by atoms with Gasteiger partial charge in [0.1, 0.15) is 19.8 Å². The third kappa shape index (κ3) is 61.4. The SMILES string of the molecule is CCCC/C=C\CCCCCCCC(=O)OCC(COP(=O)([O-])OCC[N+](C)(C)C)OC(=O)CCCCCCCCCCCCCCCCCCCCCCCCCCCCCCC/C=C\C/C=C\CCCCCCC. The lowest BCUT2D eigenvalue weighted by Gasteiger charge is -2.28. The minimum absolute atomic E-state index is 0.0297. The second-order valence-corrected chi connectivity index (χ2v) is 24.9. The van der Waals surface area contributed by atoms with E-state index in [1.165, 1.54) is 225 Å². The van der Waals surface area contributed by atoms with Gasteiger partial charge in [-0.2, -0.15) is 0 Å². The summed E-state index contributed by atoms with van der Waals surface area (Å²) in [6.45, 7) is 4.21. The summed E-state index contributed by atoms with van der Waals surface area (Å²) >= 11 is 0. The van der Waals surface area contributed by atoms with Crippen LogP contribution in [0, 0.1) is 0 Å². The number of hydrogen-bond acceptors (Lipinski definition) is 8. The van der Waals surface area contributed by atoms with Crippen LogP contribution in [-0.4, -0.2) is 70.0 Å². The van der Waals surface area contributed by atoms with Gasteiger partial charge in [0.05, 0.1) is 27.7 Å². The second-order valence-electron chi connectivity index (χ2n) is 23.5. The topological polar surface area (TPSA) is 111 Å². The van der Waals surface area contributed by atoms with Crippen LogP contribution in [0.4, 0.5) is 0 Å². The molecule has 10 heteroatoms. The molecule has 0 aliphatic carbocycles. The van der Waals surface area contributed by atoms with E-state index >= 15 is 0 Å². The molecule has 0 N–H and O–H groups in total. The average Bonchev–Trinajstić information content (AvgIpc) is 3.38. The maximum atomic E-state index is 12.8. The number of esters is 2. The number of phosphoric acid groups is 1. The molecule has 0 aromatic heterocycles. The van der Waals surface area contributed by atoms with Gasteiger partial charge >= 0.3 is 11.9 Å². The number of nitrogens with zero attached hydrogens (tertiary/aromatic N) is 1. The summed E-state index contributed by atoms with van der Waals surface area (Å²) in [5.74, 6) is -0.832. The molecule has 0 aliphatic heterocycles. The zero-order chi connectivity index (χ0) is 55.6. The minimum atomic E-state index is -4.63. The molecule has 2 atom stereocenters. The van der Waals surface area contributed by atoms with Crippen LogP contribution in [0.15, 0.2) is 36.5 Å². The lowest BCUT2D eigenvalue weighted by atomic mass is 10.0. The van der Waals surface area contributed by atoms with Gasteiger partial charge in [0.15, 0.2) is 6.10 Å². The predicted octanol–water partition coefficient (Wildman–Crippen LogP) is 20.1. The monoisotopic (exact) mass is 1090 g/mol. The van der Waals surface area contributed by atoms with Gasteiger partial charge in [-0.15, -0.1) is 0 Å². The van der Waals surface area contributed by atoms with Gasteiger partial charge in [-0.25, -0.2) is 0 Å². The first-order valence-corrected chi connectivity index (χ1v) is 34.2. The van der Waals surface area contributed by atoms with Crippen molar-refractivity contribution in [3.05, 3.63) is 36.5 Å². The molecule has 0 bridgehead atoms. The second kappa shape index (κ2) is 57.9. The van der Waals surface area contributed by atoms with Gasteiger partial charge < -0.3 is 27.9 Å². The van der Waals surface area contributed by atoms with Crippen molar-refractivity contribution < 1.29 is 42.1 Å². The molecule has 0 rings (SSSR count). The van der Waals surface area contributed by atoms with Crippen LogP contribution in [0.2, 0.25) is 0 Å². The Hall–Kier alpha value is -1.77. The number of allylic oxidation sites excluding steroid dienone is 6. The van der Waals surface area contributed by atoms with Crippen LogP contribution in [-0.2, 0) is 32.7 Å². The fourth-order valence-corrected chi connectivity index (χ4v) is 10.3. The number of hydrogen-bond donors (Lipinski definition) is 0. The zero-order valence-corrected chi connectivity index (χ0v) is 51.9. The number of rotatable bonds is 61. The van der Waals surface area contributed by atoms with Crippen molar-refractivity contribution in [3.8, 4) is 0 Å². The smallest absolute Gasteiger partial charge is 0.306 e. The molecule has 0 saturated carbocycles. The van der Waals surface area contributed by atoms with Crippen LogP contribution < -0.4 is 4.89 Å². The molecule has 0 spiro atoms. The summed E-state index contributed by atoms with van der Waals surface area (Å²) in [7, 11) is 1.17. The fraction of sp³-hybridized carbons (Fsp3) is 0.879. The van der Waals surface area contributed by atoms with E-state index in [1.807, 2.05) is 21.1 Å². The third-order valence-electron chi connectivity index (χ3n) is 14.6. The Labute approximate surface area is 471 Å². The van der Waals surface area contributed by atoms with E-state index < -0.39 is 26.5 Å². The number of ether oxygens (including phenoxy) is 2. The molecule has 0 aromatic rings. The highest BCUT2D eigenvalue weighted by molar-refractivity contribution is 7.45. The summed E-state index contributed by atoms with van der Waals surface area (Å²) in [5, 5.41) is 0. The molecule has 9 nitrogen and oxygen atoms in total. The van der Waals surface area contributed by atoms with Crippen molar-refractivity contribution in [2.45, 2.75) is 328 Å². The highest BCUT2D eigenvalue weighted by Crippen LogP contribution is 2.38. The molecule has 0 radical (unpaired) electrons. The van der Waals surface area contributed by atoms with Crippen molar-refractivity contribution in [2.24, 2.45) is 0 Å². The number of quaternary nitrogens is 1. The molecule has 0 amide bonds. The predicted molar refractivity (Wildman–Crippen MR) is 324 cm³/mol. The van der Waals surface area contributed by atoms with Gasteiger partial charge in [0, 0.05) is 12.8 Å². The van der Waals surface area contributed by atoms with Gasteiger partial charge in [-0.1, -0.05) is 281 Å². The Morgan fingerprint density at radius 2 is 0.724 bits per heavy atom. The van der Waals surface area contributed by atoms with Crippen molar-refractivity contribution in [1.29, 1.82) is 0 Å². The Bertz CT molecular complexity index is 1380. The summed E-state index contributed by atoms with van der Waals surface area (Å²) in [5.41, 5.74) is 0. The number of carbonyl (C=O) groups is 2. The number of unbranched alkanes of at least 4 members (excludes halogenated alkanes) is 41. The van der Waals surface area contributed by atoms with Gasteiger partial charge in [-0.05, 0) is 64.2 Å². The molecular weight excluding hydrogens is 966 g/mol. The zero-order valence-electron chi connectivity index (χ0n) is 51.0. The van der Waals surface area contributed by atoms with Crippen LogP contribution in [0.3, 0.4) is 0 Å². The fourth-order valence-electron chi connectivity index (χ4n) is 9.55. The molecule has 2 unspecified atom stereocenters. The molecule has 76 heavy (non-hydrogen) atoms. The molecule has 448 valence electrons. The molecular formula is C66H126NO8P. The maximum absolute atomic E-state index is 12.8. The van der Waals surface area contributed by atoms with Crippen molar-refractivity contribution >= 4 is 19.8 Å². The van der Waals surface area contributed by atoms with Gasteiger partial charge in [0.25, 0.3) is 7.82 Å². The lowest BCUT2D eigenvalue weighted by molar-refractivity contribution is -0.870. The summed E-state index contributed by atoms with van der Waals surface area (Å²) in [6.07, 6.45) is 72.6. The van der Waals surface area contributed by atoms with E-state index in [0.717, 1.165) is 64.2 Å². The van der Waals surface area contributed by atoms with Crippen LogP contribution in [0.5, 0.6) is 0 Å². The first kappa shape index (κ1) is 74.2. The van der Waals surface area contributed by atoms with E-state index in [2.05, 4.69) is 50.3 Å². The largest absolute Gasteiger partial charge is 0.756 e. The molecule has 0 aromatic carbocycles. The van der Waals surface area contributed by atoms with E-state index in [4.69, 9.17) is 18.5 Å². The molecule has 0 fully saturated rings. The summed E-state index contributed by atoms with van der Waals surface area (Å²) < 4.78 is 34.1. The Morgan fingerprint density at radius 3 is 1.09 bits per heavy atom. The molecule has 0 heterocycles. The normalized spacial score (nSPS) is 13.4. The quantitative estimate of drug-likeness (QED) is 0.0195.